The number of benzene rings is 1. The first-order valence-corrected chi connectivity index (χ1v) is 8.90. The van der Waals surface area contributed by atoms with E-state index in [0.29, 0.717) is 24.8 Å². The van der Waals surface area contributed by atoms with Crippen molar-refractivity contribution in [2.45, 2.75) is 51.7 Å². The fourth-order valence-electron chi connectivity index (χ4n) is 2.96. The largest absolute Gasteiger partial charge is 0.507 e. The van der Waals surface area contributed by atoms with Crippen LogP contribution in [0.4, 0.5) is 0 Å². The molecule has 26 heavy (non-hydrogen) atoms. The van der Waals surface area contributed by atoms with Gasteiger partial charge in [0, 0.05) is 12.8 Å². The van der Waals surface area contributed by atoms with Gasteiger partial charge in [0.05, 0.1) is 6.10 Å². The number of ketones is 1. The Balaban J connectivity index is 2.32. The van der Waals surface area contributed by atoms with Crippen molar-refractivity contribution < 1.29 is 24.5 Å². The highest BCUT2D eigenvalue weighted by Gasteiger charge is 2.25. The van der Waals surface area contributed by atoms with E-state index in [2.05, 4.69) is 0 Å². The number of ether oxygens (including phenoxy) is 1. The maximum absolute atomic E-state index is 12.7. The van der Waals surface area contributed by atoms with Crippen LogP contribution in [0.1, 0.15) is 49.0 Å². The maximum atomic E-state index is 12.7. The third-order valence-electron chi connectivity index (χ3n) is 4.53. The van der Waals surface area contributed by atoms with Gasteiger partial charge in [-0.25, -0.2) is 4.79 Å². The number of aliphatic hydroxyl groups excluding tert-OH is 1. The number of aliphatic hydroxyl groups is 1. The van der Waals surface area contributed by atoms with Crippen LogP contribution in [0.2, 0.25) is 0 Å². The van der Waals surface area contributed by atoms with E-state index in [0.717, 1.165) is 0 Å². The predicted octanol–water partition coefficient (Wildman–Crippen LogP) is 3.34. The first-order valence-electron chi connectivity index (χ1n) is 8.90. The number of cyclic esters (lactones) is 1. The molecule has 0 amide bonds. The molecule has 0 fully saturated rings. The Morgan fingerprint density at radius 2 is 2.12 bits per heavy atom. The number of esters is 1. The van der Waals surface area contributed by atoms with Crippen LogP contribution < -0.4 is 0 Å². The number of rotatable bonds is 3. The Hall–Kier alpha value is -2.40. The van der Waals surface area contributed by atoms with Crippen LogP contribution in [0.5, 0.6) is 5.75 Å². The number of hydrogen-bond acceptors (Lipinski definition) is 5. The molecule has 0 spiro atoms. The van der Waals surface area contributed by atoms with Crippen LogP contribution >= 0.6 is 0 Å². The summed E-state index contributed by atoms with van der Waals surface area (Å²) in [5.74, 6) is -0.808. The number of fused-ring (bicyclic) bond motifs is 1. The van der Waals surface area contributed by atoms with Crippen LogP contribution in [0.25, 0.3) is 0 Å². The molecule has 2 N–H and O–H groups in total. The zero-order valence-corrected chi connectivity index (χ0v) is 15.2. The maximum Gasteiger partial charge on any atom is 0.342 e. The number of phenolic OH excluding ortho intramolecular Hbond substituents is 1. The third-order valence-corrected chi connectivity index (χ3v) is 4.53. The summed E-state index contributed by atoms with van der Waals surface area (Å²) in [6, 6.07) is 4.94. The molecule has 140 valence electrons. The average Bonchev–Trinajstić information content (AvgIpc) is 2.57. The first kappa shape index (κ1) is 19.9. The van der Waals surface area contributed by atoms with Gasteiger partial charge in [-0.1, -0.05) is 37.3 Å². The van der Waals surface area contributed by atoms with E-state index in [1.165, 1.54) is 19.1 Å². The Kier molecular flexibility index (Phi) is 7.16. The minimum absolute atomic E-state index is 0.0207. The quantitative estimate of drug-likeness (QED) is 0.492. The fourth-order valence-corrected chi connectivity index (χ4v) is 2.96. The molecule has 1 aromatic rings. The summed E-state index contributed by atoms with van der Waals surface area (Å²) < 4.78 is 5.59. The molecule has 1 aliphatic rings. The number of allylic oxidation sites excluding steroid dienone is 3. The molecule has 1 aliphatic heterocycles. The molecule has 5 heteroatoms. The summed E-state index contributed by atoms with van der Waals surface area (Å²) in [5, 5.41) is 20.5. The summed E-state index contributed by atoms with van der Waals surface area (Å²) in [7, 11) is 0. The Morgan fingerprint density at radius 1 is 1.35 bits per heavy atom. The van der Waals surface area contributed by atoms with Crippen molar-refractivity contribution in [1.82, 2.24) is 0 Å². The second-order valence-corrected chi connectivity index (χ2v) is 6.78. The smallest absolute Gasteiger partial charge is 0.342 e. The van der Waals surface area contributed by atoms with Gasteiger partial charge < -0.3 is 14.9 Å². The Labute approximate surface area is 154 Å². The molecule has 5 nitrogen and oxygen atoms in total. The summed E-state index contributed by atoms with van der Waals surface area (Å²) >= 11 is 0. The highest BCUT2D eigenvalue weighted by Crippen LogP contribution is 2.26. The molecule has 1 unspecified atom stereocenters. The van der Waals surface area contributed by atoms with Gasteiger partial charge in [0.15, 0.2) is 5.78 Å². The highest BCUT2D eigenvalue weighted by atomic mass is 16.5. The molecule has 0 saturated heterocycles. The van der Waals surface area contributed by atoms with Gasteiger partial charge >= 0.3 is 5.97 Å². The number of carbonyl (C=O) groups is 2. The molecule has 0 bridgehead atoms. The van der Waals surface area contributed by atoms with Gasteiger partial charge in [-0.2, -0.15) is 0 Å². The molecule has 0 aliphatic carbocycles. The van der Waals surface area contributed by atoms with E-state index in [9.17, 15) is 19.8 Å². The normalized spacial score (nSPS) is 25.7. The third kappa shape index (κ3) is 5.56. The van der Waals surface area contributed by atoms with Gasteiger partial charge in [0.2, 0.25) is 0 Å². The zero-order valence-electron chi connectivity index (χ0n) is 15.2. The number of carbonyl (C=O) groups excluding carboxylic acids is 2. The molecular weight excluding hydrogens is 332 g/mol. The predicted molar refractivity (Wildman–Crippen MR) is 99.0 cm³/mol. The number of hydrogen-bond donors (Lipinski definition) is 2. The van der Waals surface area contributed by atoms with E-state index in [1.54, 1.807) is 18.2 Å². The lowest BCUT2D eigenvalue weighted by molar-refractivity contribution is -0.112. The summed E-state index contributed by atoms with van der Waals surface area (Å²) in [6.07, 6.45) is 7.58. The Bertz CT molecular complexity index is 704. The second-order valence-electron chi connectivity index (χ2n) is 6.78. The van der Waals surface area contributed by atoms with Crippen molar-refractivity contribution in [2.75, 3.05) is 0 Å². The minimum Gasteiger partial charge on any atom is -0.507 e. The second kappa shape index (κ2) is 9.34. The van der Waals surface area contributed by atoms with E-state index >= 15 is 0 Å². The molecule has 3 atom stereocenters. The molecule has 0 radical (unpaired) electrons. The Morgan fingerprint density at radius 3 is 2.85 bits per heavy atom. The van der Waals surface area contributed by atoms with E-state index in [1.807, 2.05) is 19.1 Å². The average molecular weight is 358 g/mol. The lowest BCUT2D eigenvalue weighted by Gasteiger charge is -2.24. The molecular formula is C21H26O5. The monoisotopic (exact) mass is 358 g/mol. The number of phenols is 1. The molecule has 0 aromatic heterocycles. The van der Waals surface area contributed by atoms with Crippen LogP contribution in [0.3, 0.4) is 0 Å². The van der Waals surface area contributed by atoms with Gasteiger partial charge in [0.1, 0.15) is 17.4 Å². The van der Waals surface area contributed by atoms with Crippen molar-refractivity contribution >= 4 is 11.8 Å². The topological polar surface area (TPSA) is 83.8 Å². The van der Waals surface area contributed by atoms with E-state index < -0.39 is 18.2 Å². The van der Waals surface area contributed by atoms with Crippen LogP contribution in [-0.2, 0) is 16.0 Å². The van der Waals surface area contributed by atoms with Gasteiger partial charge in [-0.05, 0) is 43.4 Å². The minimum atomic E-state index is -0.633. The highest BCUT2D eigenvalue weighted by molar-refractivity contribution is 5.94. The standard InChI is InChI=1S/C21H26O5/c1-14-7-3-4-9-16-10-6-12-18(23)20(16)21(25)26-17(13-19(14)24)11-5-8-15(2)22/h3-6,8,10,12,14,17,19,23-24H,7,9,11,13H2,1-2H3/b4-3+,8-5+/t14-,17?,19+/m0/s1. The SMILES string of the molecule is CC(=O)/C=C/CC1C[C@@H](O)[C@@H](C)C/C=C/Cc2cccc(O)c2C(=O)O1. The van der Waals surface area contributed by atoms with E-state index in [4.69, 9.17) is 4.74 Å². The van der Waals surface area contributed by atoms with Crippen LogP contribution in [0, 0.1) is 5.92 Å². The van der Waals surface area contributed by atoms with Crippen LogP contribution in [0.15, 0.2) is 42.5 Å². The summed E-state index contributed by atoms with van der Waals surface area (Å²) in [5.41, 5.74) is 0.846. The summed E-state index contributed by atoms with van der Waals surface area (Å²) in [4.78, 5) is 23.8. The first-order chi connectivity index (χ1) is 12.4. The van der Waals surface area contributed by atoms with Crippen molar-refractivity contribution in [2.24, 2.45) is 5.92 Å². The van der Waals surface area contributed by atoms with Crippen molar-refractivity contribution in [3.8, 4) is 5.75 Å². The van der Waals surface area contributed by atoms with Crippen LogP contribution in [-0.4, -0.2) is 34.2 Å². The van der Waals surface area contributed by atoms with Gasteiger partial charge in [-0.15, -0.1) is 0 Å². The molecule has 1 aromatic carbocycles. The van der Waals surface area contributed by atoms with Crippen molar-refractivity contribution in [3.05, 3.63) is 53.6 Å². The van der Waals surface area contributed by atoms with Crippen molar-refractivity contribution in [1.29, 1.82) is 0 Å². The summed E-state index contributed by atoms with van der Waals surface area (Å²) in [6.45, 7) is 3.39. The lowest BCUT2D eigenvalue weighted by atomic mass is 9.93. The zero-order chi connectivity index (χ0) is 19.1. The molecule has 2 rings (SSSR count). The van der Waals surface area contributed by atoms with Gasteiger partial charge in [0.25, 0.3) is 0 Å². The fraction of sp³-hybridized carbons (Fsp3) is 0.429. The number of aromatic hydroxyl groups is 1. The lowest BCUT2D eigenvalue weighted by Crippen LogP contribution is -2.28. The molecule has 0 saturated carbocycles. The van der Waals surface area contributed by atoms with Gasteiger partial charge in [-0.3, -0.25) is 4.79 Å². The molecule has 1 heterocycles. The van der Waals surface area contributed by atoms with Crippen molar-refractivity contribution in [3.63, 3.8) is 0 Å². The van der Waals surface area contributed by atoms with E-state index in [-0.39, 0.29) is 29.4 Å².